The zero-order valence-corrected chi connectivity index (χ0v) is 22.9. The van der Waals surface area contributed by atoms with Crippen molar-refractivity contribution < 1.29 is 29.0 Å². The molecule has 1 unspecified atom stereocenters. The maximum Gasteiger partial charge on any atom is 0.336 e. The highest BCUT2D eigenvalue weighted by Crippen LogP contribution is 2.34. The lowest BCUT2D eigenvalue weighted by atomic mass is 10.1. The molecular formula is C28H25N3O6S2. The number of thioether (sulfide) groups is 1. The number of hydrogen-bond donors (Lipinski definition) is 3. The van der Waals surface area contributed by atoms with Gasteiger partial charge in [0.2, 0.25) is 5.91 Å². The molecule has 0 radical (unpaired) electrons. The molecule has 0 aliphatic carbocycles. The van der Waals surface area contributed by atoms with Crippen LogP contribution in [-0.2, 0) is 4.79 Å². The number of anilines is 2. The second-order valence-corrected chi connectivity index (χ2v) is 10.5. The third kappa shape index (κ3) is 6.75. The van der Waals surface area contributed by atoms with E-state index in [0.29, 0.717) is 28.0 Å². The molecule has 3 N–H and O–H groups in total. The largest absolute Gasteiger partial charge is 0.493 e. The van der Waals surface area contributed by atoms with E-state index in [2.05, 4.69) is 15.6 Å². The molecule has 0 fully saturated rings. The molecule has 3 aromatic carbocycles. The van der Waals surface area contributed by atoms with E-state index in [-0.39, 0.29) is 17.0 Å². The number of aromatic carboxylic acids is 1. The summed E-state index contributed by atoms with van der Waals surface area (Å²) in [7, 11) is 3.14. The standard InChI is InChI=1S/C28H25N3O6S2/c1-16(25(32)31-28-30-22(15-38-28)17-11-12-23(36-2)24(13-17)37-3)39-19-8-6-7-18(14-19)29-26(33)20-9-4-5-10-21(20)27(34)35/h4-16H,1-3H3,(H,29,33)(H,34,35)(H,30,31,32). The Labute approximate surface area is 233 Å². The average Bonchev–Trinajstić information content (AvgIpc) is 3.41. The van der Waals surface area contributed by atoms with Gasteiger partial charge < -0.3 is 25.2 Å². The fraction of sp³-hybridized carbons (Fsp3) is 0.143. The minimum absolute atomic E-state index is 0.0618. The first kappa shape index (κ1) is 27.7. The van der Waals surface area contributed by atoms with Crippen LogP contribution >= 0.6 is 23.1 Å². The summed E-state index contributed by atoms with van der Waals surface area (Å²) < 4.78 is 10.6. The predicted octanol–water partition coefficient (Wildman–Crippen LogP) is 5.90. The Morgan fingerprint density at radius 3 is 2.38 bits per heavy atom. The van der Waals surface area contributed by atoms with Crippen molar-refractivity contribution in [2.24, 2.45) is 0 Å². The van der Waals surface area contributed by atoms with E-state index in [9.17, 15) is 19.5 Å². The van der Waals surface area contributed by atoms with Crippen LogP contribution < -0.4 is 20.1 Å². The number of amides is 2. The first-order valence-corrected chi connectivity index (χ1v) is 13.4. The second kappa shape index (κ2) is 12.5. The number of hydrogen-bond acceptors (Lipinski definition) is 8. The predicted molar refractivity (Wildman–Crippen MR) is 152 cm³/mol. The van der Waals surface area contributed by atoms with Crippen LogP contribution in [-0.4, -0.2) is 47.3 Å². The molecule has 0 spiro atoms. The van der Waals surface area contributed by atoms with Crippen LogP contribution in [0.25, 0.3) is 11.3 Å². The van der Waals surface area contributed by atoms with Crippen LogP contribution in [0, 0.1) is 0 Å². The summed E-state index contributed by atoms with van der Waals surface area (Å²) in [5.74, 6) is -0.735. The number of aromatic nitrogens is 1. The van der Waals surface area contributed by atoms with Crippen molar-refractivity contribution in [1.29, 1.82) is 0 Å². The van der Waals surface area contributed by atoms with Crippen LogP contribution in [0.3, 0.4) is 0 Å². The number of carbonyl (C=O) groups excluding carboxylic acids is 2. The molecule has 1 atom stereocenters. The van der Waals surface area contributed by atoms with Crippen molar-refractivity contribution >= 4 is 51.7 Å². The SMILES string of the molecule is COc1ccc(-c2csc(NC(=O)C(C)Sc3cccc(NC(=O)c4ccccc4C(=O)O)c3)n2)cc1OC. The zero-order valence-electron chi connectivity index (χ0n) is 21.3. The molecule has 4 rings (SSSR count). The summed E-state index contributed by atoms with van der Waals surface area (Å²) in [4.78, 5) is 42.3. The minimum Gasteiger partial charge on any atom is -0.493 e. The number of thiazole rings is 1. The van der Waals surface area contributed by atoms with Crippen LogP contribution in [0.5, 0.6) is 11.5 Å². The highest BCUT2D eigenvalue weighted by molar-refractivity contribution is 8.00. The van der Waals surface area contributed by atoms with Gasteiger partial charge in [-0.05, 0) is 55.5 Å². The lowest BCUT2D eigenvalue weighted by Gasteiger charge is -2.12. The Balaban J connectivity index is 1.39. The van der Waals surface area contributed by atoms with Gasteiger partial charge in [0.25, 0.3) is 5.91 Å². The molecule has 0 saturated carbocycles. The van der Waals surface area contributed by atoms with E-state index < -0.39 is 17.1 Å². The van der Waals surface area contributed by atoms with Gasteiger partial charge in [-0.15, -0.1) is 23.1 Å². The summed E-state index contributed by atoms with van der Waals surface area (Å²) in [5.41, 5.74) is 1.99. The molecule has 0 bridgehead atoms. The van der Waals surface area contributed by atoms with Gasteiger partial charge in [0.15, 0.2) is 16.6 Å². The molecule has 1 heterocycles. The third-order valence-electron chi connectivity index (χ3n) is 5.59. The summed E-state index contributed by atoms with van der Waals surface area (Å²) in [6.07, 6.45) is 0. The van der Waals surface area contributed by atoms with Crippen molar-refractivity contribution in [2.75, 3.05) is 24.9 Å². The highest BCUT2D eigenvalue weighted by Gasteiger charge is 2.19. The maximum absolute atomic E-state index is 12.9. The highest BCUT2D eigenvalue weighted by atomic mass is 32.2. The van der Waals surface area contributed by atoms with Crippen LogP contribution in [0.15, 0.2) is 77.0 Å². The molecule has 39 heavy (non-hydrogen) atoms. The van der Waals surface area contributed by atoms with Gasteiger partial charge in [0, 0.05) is 21.5 Å². The molecule has 9 nitrogen and oxygen atoms in total. The summed E-state index contributed by atoms with van der Waals surface area (Å²) in [6, 6.07) is 18.5. The Morgan fingerprint density at radius 1 is 0.923 bits per heavy atom. The van der Waals surface area contributed by atoms with Crippen LogP contribution in [0.1, 0.15) is 27.6 Å². The van der Waals surface area contributed by atoms with Gasteiger partial charge in [-0.2, -0.15) is 0 Å². The van der Waals surface area contributed by atoms with Gasteiger partial charge in [-0.3, -0.25) is 9.59 Å². The summed E-state index contributed by atoms with van der Waals surface area (Å²) in [6.45, 7) is 1.78. The zero-order chi connectivity index (χ0) is 27.9. The number of carboxylic acid groups (broad SMARTS) is 1. The van der Waals surface area contributed by atoms with Crippen LogP contribution in [0.2, 0.25) is 0 Å². The van der Waals surface area contributed by atoms with Crippen molar-refractivity contribution in [3.05, 3.63) is 83.2 Å². The van der Waals surface area contributed by atoms with Crippen molar-refractivity contribution in [1.82, 2.24) is 4.98 Å². The number of carboxylic acids is 1. The van der Waals surface area contributed by atoms with E-state index in [4.69, 9.17) is 9.47 Å². The van der Waals surface area contributed by atoms with Crippen LogP contribution in [0.4, 0.5) is 10.8 Å². The fourth-order valence-electron chi connectivity index (χ4n) is 3.64. The first-order valence-electron chi connectivity index (χ1n) is 11.7. The number of rotatable bonds is 10. The molecule has 2 amide bonds. The number of benzene rings is 3. The molecular weight excluding hydrogens is 538 g/mol. The molecule has 0 aliphatic heterocycles. The molecule has 11 heteroatoms. The topological polar surface area (TPSA) is 127 Å². The second-order valence-electron chi connectivity index (χ2n) is 8.19. The average molecular weight is 564 g/mol. The molecule has 1 aromatic heterocycles. The van der Waals surface area contributed by atoms with E-state index in [1.54, 1.807) is 57.5 Å². The smallest absolute Gasteiger partial charge is 0.336 e. The third-order valence-corrected chi connectivity index (χ3v) is 7.44. The van der Waals surface area contributed by atoms with E-state index in [1.165, 1.54) is 35.2 Å². The lowest BCUT2D eigenvalue weighted by Crippen LogP contribution is -2.22. The normalized spacial score (nSPS) is 11.4. The number of methoxy groups -OCH3 is 2. The number of nitrogens with zero attached hydrogens (tertiary/aromatic N) is 1. The summed E-state index contributed by atoms with van der Waals surface area (Å²) >= 11 is 2.63. The van der Waals surface area contributed by atoms with Gasteiger partial charge in [0.1, 0.15) is 0 Å². The Morgan fingerprint density at radius 2 is 1.67 bits per heavy atom. The van der Waals surface area contributed by atoms with Crippen molar-refractivity contribution in [2.45, 2.75) is 17.1 Å². The quantitative estimate of drug-likeness (QED) is 0.204. The molecule has 4 aromatic rings. The number of nitrogens with one attached hydrogen (secondary N) is 2. The maximum atomic E-state index is 12.9. The summed E-state index contributed by atoms with van der Waals surface area (Å²) in [5, 5.41) is 16.8. The van der Waals surface area contributed by atoms with E-state index in [1.807, 2.05) is 23.6 Å². The lowest BCUT2D eigenvalue weighted by molar-refractivity contribution is -0.115. The van der Waals surface area contributed by atoms with E-state index >= 15 is 0 Å². The monoisotopic (exact) mass is 563 g/mol. The van der Waals surface area contributed by atoms with E-state index in [0.717, 1.165) is 10.5 Å². The molecule has 0 aliphatic rings. The minimum atomic E-state index is -1.18. The molecule has 0 saturated heterocycles. The van der Waals surface area contributed by atoms with Gasteiger partial charge in [-0.25, -0.2) is 9.78 Å². The Hall–Kier alpha value is -4.35. The number of ether oxygens (including phenoxy) is 2. The number of carbonyl (C=O) groups is 3. The molecule has 200 valence electrons. The van der Waals surface area contributed by atoms with Crippen molar-refractivity contribution in [3.63, 3.8) is 0 Å². The first-order chi connectivity index (χ1) is 18.8. The van der Waals surface area contributed by atoms with Gasteiger partial charge >= 0.3 is 5.97 Å². The fourth-order valence-corrected chi connectivity index (χ4v) is 5.29. The van der Waals surface area contributed by atoms with Gasteiger partial charge in [0.05, 0.1) is 36.3 Å². The Kier molecular flexibility index (Phi) is 8.84. The van der Waals surface area contributed by atoms with Crippen molar-refractivity contribution in [3.8, 4) is 22.8 Å². The Bertz CT molecular complexity index is 1520. The van der Waals surface area contributed by atoms with Gasteiger partial charge in [-0.1, -0.05) is 18.2 Å².